The lowest BCUT2D eigenvalue weighted by molar-refractivity contribution is -0.309. The fourth-order valence-electron chi connectivity index (χ4n) is 1.90. The first-order valence-electron chi connectivity index (χ1n) is 6.64. The fraction of sp³-hybridized carbons (Fsp3) is 0.267. The molecule has 0 spiro atoms. The van der Waals surface area contributed by atoms with E-state index in [1.807, 2.05) is 19.1 Å². The van der Waals surface area contributed by atoms with E-state index in [4.69, 9.17) is 17.0 Å². The summed E-state index contributed by atoms with van der Waals surface area (Å²) in [4.78, 5) is 24.7. The molecule has 1 aliphatic heterocycles. The third-order valence-corrected chi connectivity index (χ3v) is 4.37. The first kappa shape index (κ1) is 16.5. The third kappa shape index (κ3) is 3.48. The minimum atomic E-state index is -1.33. The summed E-state index contributed by atoms with van der Waals surface area (Å²) in [5, 5.41) is 10.9. The normalized spacial score (nSPS) is 17.9. The van der Waals surface area contributed by atoms with Gasteiger partial charge >= 0.3 is 0 Å². The summed E-state index contributed by atoms with van der Waals surface area (Å²) in [5.74, 6) is -1.00. The van der Waals surface area contributed by atoms with Crippen LogP contribution in [-0.4, -0.2) is 33.7 Å². The zero-order valence-electron chi connectivity index (χ0n) is 12.1. The number of benzene rings is 1. The van der Waals surface area contributed by atoms with Crippen LogP contribution in [0.1, 0.15) is 19.4 Å². The van der Waals surface area contributed by atoms with E-state index in [9.17, 15) is 14.7 Å². The number of carbonyl (C=O) groups excluding carboxylic acids is 2. The number of hydrogen-bond acceptors (Lipinski definition) is 6. The van der Waals surface area contributed by atoms with Gasteiger partial charge in [0.25, 0.3) is 5.91 Å². The molecule has 0 saturated carbocycles. The van der Waals surface area contributed by atoms with Crippen molar-refractivity contribution < 1.29 is 19.4 Å². The van der Waals surface area contributed by atoms with E-state index in [-0.39, 0.29) is 4.32 Å². The summed E-state index contributed by atoms with van der Waals surface area (Å²) in [5.41, 5.74) is 0.810. The van der Waals surface area contributed by atoms with Crippen LogP contribution in [0.3, 0.4) is 0 Å². The number of carboxylic acids is 1. The van der Waals surface area contributed by atoms with Crippen LogP contribution in [0, 0.1) is 0 Å². The van der Waals surface area contributed by atoms with Gasteiger partial charge in [-0.1, -0.05) is 36.1 Å². The quantitative estimate of drug-likeness (QED) is 0.598. The maximum Gasteiger partial charge on any atom is 0.266 e. The van der Waals surface area contributed by atoms with Crippen LogP contribution in [0.4, 0.5) is 0 Å². The van der Waals surface area contributed by atoms with Crippen molar-refractivity contribution in [3.05, 3.63) is 34.7 Å². The summed E-state index contributed by atoms with van der Waals surface area (Å²) >= 11 is 6.16. The van der Waals surface area contributed by atoms with Crippen molar-refractivity contribution >= 4 is 46.3 Å². The van der Waals surface area contributed by atoms with Crippen molar-refractivity contribution in [3.63, 3.8) is 0 Å². The van der Waals surface area contributed by atoms with E-state index >= 15 is 0 Å². The molecule has 116 valence electrons. The van der Waals surface area contributed by atoms with Crippen molar-refractivity contribution in [1.82, 2.24) is 4.90 Å². The molecule has 1 aromatic rings. The van der Waals surface area contributed by atoms with E-state index in [2.05, 4.69) is 0 Å². The van der Waals surface area contributed by atoms with Gasteiger partial charge in [-0.15, -0.1) is 0 Å². The monoisotopic (exact) mass is 336 g/mol. The number of nitrogens with zero attached hydrogens (tertiary/aromatic N) is 1. The van der Waals surface area contributed by atoms with E-state index in [1.54, 1.807) is 18.2 Å². The van der Waals surface area contributed by atoms with Gasteiger partial charge in [0.1, 0.15) is 10.1 Å². The predicted molar refractivity (Wildman–Crippen MR) is 87.1 cm³/mol. The lowest BCUT2D eigenvalue weighted by Gasteiger charge is -2.23. The minimum Gasteiger partial charge on any atom is -0.548 e. The maximum absolute atomic E-state index is 12.3. The van der Waals surface area contributed by atoms with E-state index in [0.29, 0.717) is 11.5 Å². The van der Waals surface area contributed by atoms with Crippen LogP contribution in [-0.2, 0) is 9.59 Å². The molecule has 1 heterocycles. The zero-order valence-corrected chi connectivity index (χ0v) is 13.7. The minimum absolute atomic E-state index is 0.221. The van der Waals surface area contributed by atoms with Crippen LogP contribution in [0.5, 0.6) is 5.75 Å². The van der Waals surface area contributed by atoms with Gasteiger partial charge in [-0.3, -0.25) is 9.69 Å². The SMILES string of the molecule is CCOc1ccc(/C=C2\SC(=S)N([C@@H](C)C(=O)[O-])C2=O)cc1. The van der Waals surface area contributed by atoms with Crippen molar-refractivity contribution in [2.24, 2.45) is 0 Å². The summed E-state index contributed by atoms with van der Waals surface area (Å²) in [6, 6.07) is 6.16. The zero-order chi connectivity index (χ0) is 16.3. The maximum atomic E-state index is 12.3. The Morgan fingerprint density at radius 1 is 1.45 bits per heavy atom. The Balaban J connectivity index is 2.21. The van der Waals surface area contributed by atoms with E-state index in [1.165, 1.54) is 6.92 Å². The standard InChI is InChI=1S/C15H15NO4S2/c1-3-20-11-6-4-10(5-7-11)8-12-13(17)16(15(21)22-12)9(2)14(18)19/h4-9H,3H2,1-2H3,(H,18,19)/p-1/b12-8-/t9-/m0/s1. The number of amides is 1. The molecule has 22 heavy (non-hydrogen) atoms. The predicted octanol–water partition coefficient (Wildman–Crippen LogP) is 1.42. The highest BCUT2D eigenvalue weighted by Gasteiger charge is 2.35. The van der Waals surface area contributed by atoms with E-state index < -0.39 is 17.9 Å². The Hall–Kier alpha value is -1.86. The molecule has 0 aliphatic carbocycles. The first-order valence-corrected chi connectivity index (χ1v) is 7.87. The molecule has 1 saturated heterocycles. The number of rotatable bonds is 5. The summed E-state index contributed by atoms with van der Waals surface area (Å²) in [6.07, 6.45) is 1.68. The van der Waals surface area contributed by atoms with Crippen LogP contribution in [0.2, 0.25) is 0 Å². The number of carboxylic acid groups (broad SMARTS) is 1. The molecular formula is C15H14NO4S2-. The summed E-state index contributed by atoms with van der Waals surface area (Å²) in [7, 11) is 0. The molecule has 1 aliphatic rings. The Morgan fingerprint density at radius 2 is 2.09 bits per heavy atom. The molecule has 5 nitrogen and oxygen atoms in total. The van der Waals surface area contributed by atoms with Gasteiger partial charge < -0.3 is 14.6 Å². The third-order valence-electron chi connectivity index (χ3n) is 3.04. The molecular weight excluding hydrogens is 322 g/mol. The second kappa shape index (κ2) is 6.93. The van der Waals surface area contributed by atoms with Gasteiger partial charge in [0, 0.05) is 0 Å². The lowest BCUT2D eigenvalue weighted by atomic mass is 10.2. The second-order valence-corrected chi connectivity index (χ2v) is 6.22. The average Bonchev–Trinajstić information content (AvgIpc) is 2.75. The van der Waals surface area contributed by atoms with Gasteiger partial charge in [0.2, 0.25) is 0 Å². The molecule has 0 unspecified atom stereocenters. The van der Waals surface area contributed by atoms with Crippen molar-refractivity contribution in [1.29, 1.82) is 0 Å². The average molecular weight is 336 g/mol. The fourth-order valence-corrected chi connectivity index (χ4v) is 3.32. The molecule has 0 N–H and O–H groups in total. The molecule has 7 heteroatoms. The number of thiocarbonyl (C=S) groups is 1. The highest BCUT2D eigenvalue weighted by molar-refractivity contribution is 8.26. The van der Waals surface area contributed by atoms with Gasteiger partial charge in [0.15, 0.2) is 0 Å². The van der Waals surface area contributed by atoms with Crippen molar-refractivity contribution in [2.75, 3.05) is 6.61 Å². The molecule has 0 radical (unpaired) electrons. The van der Waals surface area contributed by atoms with Crippen LogP contribution in [0.15, 0.2) is 29.2 Å². The van der Waals surface area contributed by atoms with E-state index in [0.717, 1.165) is 28.0 Å². The molecule has 1 aromatic carbocycles. The number of carbonyl (C=O) groups is 2. The second-order valence-electron chi connectivity index (χ2n) is 4.55. The number of ether oxygens (including phenoxy) is 1. The van der Waals surface area contributed by atoms with Crippen LogP contribution in [0.25, 0.3) is 6.08 Å². The molecule has 0 aromatic heterocycles. The summed E-state index contributed by atoms with van der Waals surface area (Å²) in [6.45, 7) is 3.86. The van der Waals surface area contributed by atoms with Crippen LogP contribution >= 0.6 is 24.0 Å². The molecule has 1 atom stereocenters. The lowest BCUT2D eigenvalue weighted by Crippen LogP contribution is -2.48. The van der Waals surface area contributed by atoms with Gasteiger partial charge in [-0.25, -0.2) is 0 Å². The highest BCUT2D eigenvalue weighted by atomic mass is 32.2. The van der Waals surface area contributed by atoms with Crippen molar-refractivity contribution in [2.45, 2.75) is 19.9 Å². The molecule has 1 amide bonds. The molecule has 0 bridgehead atoms. The van der Waals surface area contributed by atoms with Gasteiger partial charge in [0.05, 0.1) is 23.5 Å². The molecule has 2 rings (SSSR count). The van der Waals surface area contributed by atoms with Crippen molar-refractivity contribution in [3.8, 4) is 5.75 Å². The van der Waals surface area contributed by atoms with Crippen LogP contribution < -0.4 is 9.84 Å². The summed E-state index contributed by atoms with van der Waals surface area (Å²) < 4.78 is 5.57. The first-order chi connectivity index (χ1) is 10.4. The largest absolute Gasteiger partial charge is 0.548 e. The topological polar surface area (TPSA) is 69.7 Å². The number of hydrogen-bond donors (Lipinski definition) is 0. The number of thioether (sulfide) groups is 1. The Morgan fingerprint density at radius 3 is 2.64 bits per heavy atom. The molecule has 1 fully saturated rings. The number of aliphatic carboxylic acids is 1. The Bertz CT molecular complexity index is 639. The van der Waals surface area contributed by atoms with Gasteiger partial charge in [-0.05, 0) is 37.6 Å². The Kier molecular flexibility index (Phi) is 5.20. The smallest absolute Gasteiger partial charge is 0.266 e. The highest BCUT2D eigenvalue weighted by Crippen LogP contribution is 2.34. The van der Waals surface area contributed by atoms with Gasteiger partial charge in [-0.2, -0.15) is 0 Å². The Labute approximate surface area is 137 Å².